The van der Waals surface area contributed by atoms with Gasteiger partial charge < -0.3 is 20.0 Å². The van der Waals surface area contributed by atoms with Gasteiger partial charge >= 0.3 is 6.03 Å². The van der Waals surface area contributed by atoms with Crippen LogP contribution < -0.4 is 15.1 Å². The van der Waals surface area contributed by atoms with Crippen molar-refractivity contribution in [1.82, 2.24) is 4.90 Å². The van der Waals surface area contributed by atoms with Gasteiger partial charge in [0.25, 0.3) is 0 Å². The number of nitrogens with one attached hydrogen (secondary N) is 1. The molecule has 2 saturated heterocycles. The predicted molar refractivity (Wildman–Crippen MR) is 117 cm³/mol. The first kappa shape index (κ1) is 18.9. The van der Waals surface area contributed by atoms with E-state index in [1.165, 1.54) is 24.9 Å². The Morgan fingerprint density at radius 2 is 1.25 bits per heavy atom. The number of hydrogen-bond donors (Lipinski definition) is 1. The summed E-state index contributed by atoms with van der Waals surface area (Å²) in [7, 11) is 0. The molecule has 0 atom stereocenters. The molecule has 2 aliphatic rings. The second kappa shape index (κ2) is 8.74. The summed E-state index contributed by atoms with van der Waals surface area (Å²) in [5, 5.41) is 3.78. The molecule has 2 aliphatic heterocycles. The van der Waals surface area contributed by atoms with Gasteiger partial charge in [-0.15, -0.1) is 0 Å². The van der Waals surface area contributed by atoms with Crippen molar-refractivity contribution >= 4 is 34.7 Å². The Balaban J connectivity index is 1.29. The molecule has 148 valence electrons. The molecule has 28 heavy (non-hydrogen) atoms. The third-order valence-electron chi connectivity index (χ3n) is 5.60. The van der Waals surface area contributed by atoms with E-state index in [4.69, 9.17) is 11.6 Å². The molecule has 2 aromatic carbocycles. The van der Waals surface area contributed by atoms with Crippen LogP contribution in [0.1, 0.15) is 19.3 Å². The lowest BCUT2D eigenvalue weighted by molar-refractivity contribution is 0.208. The van der Waals surface area contributed by atoms with Crippen LogP contribution in [-0.2, 0) is 0 Å². The first-order chi connectivity index (χ1) is 13.7. The van der Waals surface area contributed by atoms with Crippen molar-refractivity contribution in [3.63, 3.8) is 0 Å². The maximum atomic E-state index is 12.6. The lowest BCUT2D eigenvalue weighted by Crippen LogP contribution is -2.50. The second-order valence-electron chi connectivity index (χ2n) is 7.48. The summed E-state index contributed by atoms with van der Waals surface area (Å²) in [6.07, 6.45) is 3.86. The van der Waals surface area contributed by atoms with E-state index in [9.17, 15) is 4.79 Å². The topological polar surface area (TPSA) is 38.8 Å². The number of benzene rings is 2. The molecular formula is C22H27ClN4O. The first-order valence-electron chi connectivity index (χ1n) is 10.1. The zero-order valence-corrected chi connectivity index (χ0v) is 16.9. The summed E-state index contributed by atoms with van der Waals surface area (Å²) in [6, 6.07) is 16.1. The van der Waals surface area contributed by atoms with Crippen molar-refractivity contribution in [3.8, 4) is 0 Å². The SMILES string of the molecule is O=C(Nc1ccc(N2CCCCC2)cc1)N1CCN(c2ccc(Cl)cc2)CC1. The fourth-order valence-corrected chi connectivity index (χ4v) is 4.06. The molecule has 0 spiro atoms. The molecular weight excluding hydrogens is 372 g/mol. The fourth-order valence-electron chi connectivity index (χ4n) is 3.93. The van der Waals surface area contributed by atoms with Gasteiger partial charge in [0.1, 0.15) is 0 Å². The number of rotatable bonds is 3. The van der Waals surface area contributed by atoms with E-state index in [0.29, 0.717) is 13.1 Å². The zero-order chi connectivity index (χ0) is 19.3. The van der Waals surface area contributed by atoms with E-state index < -0.39 is 0 Å². The number of amides is 2. The average molecular weight is 399 g/mol. The molecule has 5 nitrogen and oxygen atoms in total. The van der Waals surface area contributed by atoms with Crippen molar-refractivity contribution in [2.45, 2.75) is 19.3 Å². The molecule has 0 saturated carbocycles. The largest absolute Gasteiger partial charge is 0.372 e. The highest BCUT2D eigenvalue weighted by Crippen LogP contribution is 2.23. The molecule has 0 unspecified atom stereocenters. The molecule has 0 bridgehead atoms. The smallest absolute Gasteiger partial charge is 0.321 e. The summed E-state index contributed by atoms with van der Waals surface area (Å²) < 4.78 is 0. The number of piperazine rings is 1. The first-order valence-corrected chi connectivity index (χ1v) is 10.5. The van der Waals surface area contributed by atoms with E-state index in [2.05, 4.69) is 27.2 Å². The highest BCUT2D eigenvalue weighted by Gasteiger charge is 2.21. The summed E-state index contributed by atoms with van der Waals surface area (Å²) in [5.74, 6) is 0. The summed E-state index contributed by atoms with van der Waals surface area (Å²) in [6.45, 7) is 5.32. The molecule has 2 amide bonds. The summed E-state index contributed by atoms with van der Waals surface area (Å²) in [5.41, 5.74) is 3.25. The maximum absolute atomic E-state index is 12.6. The van der Waals surface area contributed by atoms with E-state index >= 15 is 0 Å². The minimum Gasteiger partial charge on any atom is -0.372 e. The van der Waals surface area contributed by atoms with E-state index in [0.717, 1.165) is 42.6 Å². The van der Waals surface area contributed by atoms with Gasteiger partial charge in [-0.1, -0.05) is 11.6 Å². The number of anilines is 3. The molecule has 0 aliphatic carbocycles. The molecule has 2 fully saturated rings. The van der Waals surface area contributed by atoms with Gasteiger partial charge in [0.2, 0.25) is 0 Å². The van der Waals surface area contributed by atoms with Gasteiger partial charge in [0.15, 0.2) is 0 Å². The number of carbonyl (C=O) groups is 1. The lowest BCUT2D eigenvalue weighted by Gasteiger charge is -2.36. The van der Waals surface area contributed by atoms with Crippen LogP contribution in [0.2, 0.25) is 5.02 Å². The maximum Gasteiger partial charge on any atom is 0.321 e. The Morgan fingerprint density at radius 1 is 0.714 bits per heavy atom. The fraction of sp³-hybridized carbons (Fsp3) is 0.409. The molecule has 2 heterocycles. The van der Waals surface area contributed by atoms with Crippen molar-refractivity contribution in [2.24, 2.45) is 0 Å². The molecule has 4 rings (SSSR count). The minimum atomic E-state index is -0.0264. The standard InChI is InChI=1S/C22H27ClN4O/c23-18-4-8-20(9-5-18)26-14-16-27(17-15-26)22(28)24-19-6-10-21(11-7-19)25-12-2-1-3-13-25/h4-11H,1-3,12-17H2,(H,24,28). The number of urea groups is 1. The van der Waals surface area contributed by atoms with Crippen LogP contribution in [0, 0.1) is 0 Å². The summed E-state index contributed by atoms with van der Waals surface area (Å²) in [4.78, 5) is 19.2. The second-order valence-corrected chi connectivity index (χ2v) is 7.91. The van der Waals surface area contributed by atoms with Crippen molar-refractivity contribution < 1.29 is 4.79 Å². The summed E-state index contributed by atoms with van der Waals surface area (Å²) >= 11 is 5.96. The third kappa shape index (κ3) is 4.53. The molecule has 0 radical (unpaired) electrons. The van der Waals surface area contributed by atoms with Gasteiger partial charge in [-0.05, 0) is 67.8 Å². The Bertz CT molecular complexity index is 779. The van der Waals surface area contributed by atoms with Crippen LogP contribution in [0.4, 0.5) is 21.9 Å². The van der Waals surface area contributed by atoms with Crippen molar-refractivity contribution in [1.29, 1.82) is 0 Å². The van der Waals surface area contributed by atoms with Gasteiger partial charge in [-0.25, -0.2) is 4.79 Å². The normalized spacial score (nSPS) is 17.5. The lowest BCUT2D eigenvalue weighted by atomic mass is 10.1. The third-order valence-corrected chi connectivity index (χ3v) is 5.85. The highest BCUT2D eigenvalue weighted by atomic mass is 35.5. The minimum absolute atomic E-state index is 0.0264. The van der Waals surface area contributed by atoms with Crippen LogP contribution in [0.25, 0.3) is 0 Å². The van der Waals surface area contributed by atoms with E-state index in [1.54, 1.807) is 0 Å². The van der Waals surface area contributed by atoms with Crippen LogP contribution in [0.5, 0.6) is 0 Å². The highest BCUT2D eigenvalue weighted by molar-refractivity contribution is 6.30. The van der Waals surface area contributed by atoms with E-state index in [-0.39, 0.29) is 6.03 Å². The Kier molecular flexibility index (Phi) is 5.91. The number of halogens is 1. The number of carbonyl (C=O) groups excluding carboxylic acids is 1. The molecule has 1 N–H and O–H groups in total. The van der Waals surface area contributed by atoms with Crippen LogP contribution >= 0.6 is 11.6 Å². The van der Waals surface area contributed by atoms with Crippen molar-refractivity contribution in [3.05, 3.63) is 53.6 Å². The molecule has 0 aromatic heterocycles. The molecule has 6 heteroatoms. The predicted octanol–water partition coefficient (Wildman–Crippen LogP) is 4.68. The monoisotopic (exact) mass is 398 g/mol. The zero-order valence-electron chi connectivity index (χ0n) is 16.1. The van der Waals surface area contributed by atoms with Crippen LogP contribution in [-0.4, -0.2) is 50.2 Å². The number of hydrogen-bond acceptors (Lipinski definition) is 3. The Labute approximate surface area is 171 Å². The number of nitrogens with zero attached hydrogens (tertiary/aromatic N) is 3. The van der Waals surface area contributed by atoms with E-state index in [1.807, 2.05) is 41.3 Å². The Hall–Kier alpha value is -2.40. The van der Waals surface area contributed by atoms with Crippen LogP contribution in [0.3, 0.4) is 0 Å². The Morgan fingerprint density at radius 3 is 1.86 bits per heavy atom. The quantitative estimate of drug-likeness (QED) is 0.815. The average Bonchev–Trinajstić information content (AvgIpc) is 2.75. The van der Waals surface area contributed by atoms with Gasteiger partial charge in [0.05, 0.1) is 0 Å². The van der Waals surface area contributed by atoms with Gasteiger partial charge in [-0.3, -0.25) is 0 Å². The molecule has 2 aromatic rings. The van der Waals surface area contributed by atoms with Crippen molar-refractivity contribution in [2.75, 3.05) is 54.4 Å². The van der Waals surface area contributed by atoms with Gasteiger partial charge in [-0.2, -0.15) is 0 Å². The van der Waals surface area contributed by atoms with Crippen LogP contribution in [0.15, 0.2) is 48.5 Å². The number of piperidine rings is 1. The van der Waals surface area contributed by atoms with Gasteiger partial charge in [0, 0.05) is 61.4 Å².